The lowest BCUT2D eigenvalue weighted by molar-refractivity contribution is -0.137. The number of hydrogen-bond donors (Lipinski definition) is 1. The molecule has 6 heteroatoms. The van der Waals surface area contributed by atoms with E-state index in [-0.39, 0.29) is 17.0 Å². The maximum Gasteiger partial charge on any atom is 0.416 e. The molecular formula is C15H15ClF3NS. The lowest BCUT2D eigenvalue weighted by atomic mass is 10.0. The Morgan fingerprint density at radius 3 is 2.38 bits per heavy atom. The van der Waals surface area contributed by atoms with Gasteiger partial charge in [-0.3, -0.25) is 0 Å². The van der Waals surface area contributed by atoms with Crippen molar-refractivity contribution in [3.05, 3.63) is 51.2 Å². The molecule has 0 saturated heterocycles. The highest BCUT2D eigenvalue weighted by molar-refractivity contribution is 7.10. The van der Waals surface area contributed by atoms with Gasteiger partial charge in [-0.1, -0.05) is 31.5 Å². The summed E-state index contributed by atoms with van der Waals surface area (Å²) in [5.41, 5.74) is -0.230. The van der Waals surface area contributed by atoms with Crippen molar-refractivity contribution in [3.63, 3.8) is 0 Å². The summed E-state index contributed by atoms with van der Waals surface area (Å²) in [5, 5.41) is 5.29. The van der Waals surface area contributed by atoms with Gasteiger partial charge in [0, 0.05) is 4.88 Å². The van der Waals surface area contributed by atoms with Gasteiger partial charge in [0.15, 0.2) is 0 Å². The third-order valence-corrected chi connectivity index (χ3v) is 4.39. The van der Waals surface area contributed by atoms with E-state index in [2.05, 4.69) is 19.2 Å². The number of rotatable bonds is 4. The maximum absolute atomic E-state index is 12.6. The van der Waals surface area contributed by atoms with Gasteiger partial charge in [0.2, 0.25) is 0 Å². The van der Waals surface area contributed by atoms with Gasteiger partial charge >= 0.3 is 6.18 Å². The predicted octanol–water partition coefficient (Wildman–Crippen LogP) is 6.23. The van der Waals surface area contributed by atoms with Gasteiger partial charge in [0.25, 0.3) is 0 Å². The molecule has 0 spiro atoms. The second-order valence-electron chi connectivity index (χ2n) is 5.07. The smallest absolute Gasteiger partial charge is 0.376 e. The fourth-order valence-corrected chi connectivity index (χ4v) is 3.19. The van der Waals surface area contributed by atoms with Crippen LogP contribution in [0.1, 0.15) is 30.3 Å². The Balaban J connectivity index is 2.26. The molecule has 1 atom stereocenters. The van der Waals surface area contributed by atoms with Gasteiger partial charge in [-0.2, -0.15) is 13.2 Å². The zero-order valence-corrected chi connectivity index (χ0v) is 13.1. The van der Waals surface area contributed by atoms with Crippen LogP contribution in [0.5, 0.6) is 0 Å². The molecule has 1 aromatic heterocycles. The van der Waals surface area contributed by atoms with Crippen molar-refractivity contribution in [2.24, 2.45) is 5.92 Å². The first-order valence-corrected chi connectivity index (χ1v) is 7.71. The summed E-state index contributed by atoms with van der Waals surface area (Å²) in [6.45, 7) is 4.10. The van der Waals surface area contributed by atoms with Crippen LogP contribution < -0.4 is 5.32 Å². The normalized spacial score (nSPS) is 13.5. The van der Waals surface area contributed by atoms with Crippen molar-refractivity contribution in [1.29, 1.82) is 0 Å². The quantitative estimate of drug-likeness (QED) is 0.699. The van der Waals surface area contributed by atoms with Crippen LogP contribution in [-0.4, -0.2) is 0 Å². The van der Waals surface area contributed by atoms with E-state index < -0.39 is 11.7 Å². The number of benzene rings is 1. The molecule has 0 radical (unpaired) electrons. The minimum absolute atomic E-state index is 0.0132. The summed E-state index contributed by atoms with van der Waals surface area (Å²) in [5.74, 6) is 0.280. The van der Waals surface area contributed by atoms with E-state index in [4.69, 9.17) is 11.6 Å². The van der Waals surface area contributed by atoms with E-state index in [1.54, 1.807) is 11.3 Å². The van der Waals surface area contributed by atoms with Crippen LogP contribution in [0.3, 0.4) is 0 Å². The standard InChI is InChI=1S/C15H15ClF3NS/c1-9(2)14(13-4-3-7-21-13)20-12-6-5-10(8-11(12)16)15(17,18)19/h3-9,14,20H,1-2H3. The zero-order chi connectivity index (χ0) is 15.6. The number of hydrogen-bond acceptors (Lipinski definition) is 2. The second kappa shape index (κ2) is 6.28. The molecule has 0 aliphatic rings. The van der Waals surface area contributed by atoms with Gasteiger partial charge in [0.05, 0.1) is 22.3 Å². The summed E-state index contributed by atoms with van der Waals surface area (Å²) in [7, 11) is 0. The Bertz CT molecular complexity index is 593. The summed E-state index contributed by atoms with van der Waals surface area (Å²) >= 11 is 7.59. The molecule has 0 aliphatic carbocycles. The molecular weight excluding hydrogens is 319 g/mol. The summed E-state index contributed by atoms with van der Waals surface area (Å²) in [4.78, 5) is 1.13. The molecule has 21 heavy (non-hydrogen) atoms. The number of nitrogens with one attached hydrogen (secondary N) is 1. The molecule has 0 saturated carbocycles. The highest BCUT2D eigenvalue weighted by Gasteiger charge is 2.31. The Kier molecular flexibility index (Phi) is 4.84. The van der Waals surface area contributed by atoms with E-state index in [1.165, 1.54) is 6.07 Å². The first kappa shape index (κ1) is 16.2. The molecule has 1 heterocycles. The molecule has 1 aromatic carbocycles. The predicted molar refractivity (Wildman–Crippen MR) is 82.0 cm³/mol. The number of halogens is 4. The molecule has 0 amide bonds. The Morgan fingerprint density at radius 2 is 1.90 bits per heavy atom. The number of thiophene rings is 1. The van der Waals surface area contributed by atoms with Crippen LogP contribution in [-0.2, 0) is 6.18 Å². The van der Waals surface area contributed by atoms with Gasteiger partial charge in [-0.15, -0.1) is 11.3 Å². The molecule has 0 aliphatic heterocycles. The third-order valence-electron chi connectivity index (χ3n) is 3.12. The van der Waals surface area contributed by atoms with Crippen LogP contribution in [0.2, 0.25) is 5.02 Å². The molecule has 0 fully saturated rings. The van der Waals surface area contributed by atoms with Crippen LogP contribution in [0.15, 0.2) is 35.7 Å². The zero-order valence-electron chi connectivity index (χ0n) is 11.5. The molecule has 0 bridgehead atoms. The maximum atomic E-state index is 12.6. The molecule has 1 N–H and O–H groups in total. The largest absolute Gasteiger partial charge is 0.416 e. The average Bonchev–Trinajstić information content (AvgIpc) is 2.89. The van der Waals surface area contributed by atoms with Gasteiger partial charge in [0.1, 0.15) is 0 Å². The second-order valence-corrected chi connectivity index (χ2v) is 6.46. The van der Waals surface area contributed by atoms with Gasteiger partial charge in [-0.25, -0.2) is 0 Å². The van der Waals surface area contributed by atoms with Crippen molar-refractivity contribution in [2.45, 2.75) is 26.1 Å². The van der Waals surface area contributed by atoms with E-state index in [1.807, 2.05) is 17.5 Å². The first-order chi connectivity index (χ1) is 9.79. The summed E-state index contributed by atoms with van der Waals surface area (Å²) in [6, 6.07) is 7.34. The highest BCUT2D eigenvalue weighted by Crippen LogP contribution is 2.36. The number of anilines is 1. The highest BCUT2D eigenvalue weighted by atomic mass is 35.5. The first-order valence-electron chi connectivity index (χ1n) is 6.45. The van der Waals surface area contributed by atoms with E-state index in [9.17, 15) is 13.2 Å². The molecule has 2 aromatic rings. The lowest BCUT2D eigenvalue weighted by Crippen LogP contribution is -2.16. The van der Waals surface area contributed by atoms with Crippen LogP contribution in [0, 0.1) is 5.92 Å². The third kappa shape index (κ3) is 3.92. The summed E-state index contributed by atoms with van der Waals surface area (Å²) in [6.07, 6.45) is -4.38. The van der Waals surface area contributed by atoms with Crippen LogP contribution in [0.25, 0.3) is 0 Å². The minimum atomic E-state index is -4.38. The van der Waals surface area contributed by atoms with E-state index in [0.29, 0.717) is 5.69 Å². The minimum Gasteiger partial charge on any atom is -0.376 e. The molecule has 1 unspecified atom stereocenters. The average molecular weight is 334 g/mol. The summed E-state index contributed by atoms with van der Waals surface area (Å²) < 4.78 is 37.9. The van der Waals surface area contributed by atoms with Crippen molar-refractivity contribution in [2.75, 3.05) is 5.32 Å². The van der Waals surface area contributed by atoms with Crippen molar-refractivity contribution in [1.82, 2.24) is 0 Å². The lowest BCUT2D eigenvalue weighted by Gasteiger charge is -2.23. The topological polar surface area (TPSA) is 12.0 Å². The fourth-order valence-electron chi connectivity index (χ4n) is 2.01. The molecule has 1 nitrogen and oxygen atoms in total. The Morgan fingerprint density at radius 1 is 1.19 bits per heavy atom. The molecule has 2 rings (SSSR count). The Labute approximate surface area is 130 Å². The van der Waals surface area contributed by atoms with Crippen LogP contribution in [0.4, 0.5) is 18.9 Å². The van der Waals surface area contributed by atoms with Crippen molar-refractivity contribution in [3.8, 4) is 0 Å². The van der Waals surface area contributed by atoms with E-state index in [0.717, 1.165) is 17.0 Å². The molecule has 114 valence electrons. The SMILES string of the molecule is CC(C)C(Nc1ccc(C(F)(F)F)cc1Cl)c1cccs1. The Hall–Kier alpha value is -1.20. The number of alkyl halides is 3. The van der Waals surface area contributed by atoms with Gasteiger partial charge in [-0.05, 0) is 35.6 Å². The van der Waals surface area contributed by atoms with Gasteiger partial charge < -0.3 is 5.32 Å². The van der Waals surface area contributed by atoms with Crippen molar-refractivity contribution < 1.29 is 13.2 Å². The monoisotopic (exact) mass is 333 g/mol. The fraction of sp³-hybridized carbons (Fsp3) is 0.333. The van der Waals surface area contributed by atoms with Crippen LogP contribution >= 0.6 is 22.9 Å². The van der Waals surface area contributed by atoms with Crippen molar-refractivity contribution >= 4 is 28.6 Å². The van der Waals surface area contributed by atoms with E-state index >= 15 is 0 Å².